The second kappa shape index (κ2) is 7.68. The van der Waals surface area contributed by atoms with Crippen LogP contribution >= 0.6 is 27.5 Å². The van der Waals surface area contributed by atoms with Crippen molar-refractivity contribution in [2.45, 2.75) is 20.4 Å². The van der Waals surface area contributed by atoms with Crippen molar-refractivity contribution >= 4 is 38.4 Å². The molecule has 0 saturated carbocycles. The molecular formula is C19H21BrClN3. The molecule has 5 heteroatoms. The maximum Gasteiger partial charge on any atom is 0.102 e. The fourth-order valence-corrected chi connectivity index (χ4v) is 3.54. The zero-order valence-electron chi connectivity index (χ0n) is 14.0. The zero-order chi connectivity index (χ0) is 17.1. The summed E-state index contributed by atoms with van der Waals surface area (Å²) in [6, 6.07) is 14.2. The van der Waals surface area contributed by atoms with Gasteiger partial charge in [0.1, 0.15) is 5.69 Å². The zero-order valence-corrected chi connectivity index (χ0v) is 16.3. The summed E-state index contributed by atoms with van der Waals surface area (Å²) >= 11 is 9.98. The van der Waals surface area contributed by atoms with E-state index < -0.39 is 0 Å². The van der Waals surface area contributed by atoms with Gasteiger partial charge in [0, 0.05) is 22.0 Å². The number of nitrogens with zero attached hydrogens (tertiary/aromatic N) is 3. The maximum absolute atomic E-state index is 6.41. The molecule has 0 atom stereocenters. The lowest BCUT2D eigenvalue weighted by atomic mass is 10.1. The molecule has 3 nitrogen and oxygen atoms in total. The highest BCUT2D eigenvalue weighted by atomic mass is 79.9. The SMILES string of the molecule is CCN(CC)CCn1nc(-c2ccccc2Cl)c2cc(Br)ccc21. The average Bonchev–Trinajstić information content (AvgIpc) is 2.94. The summed E-state index contributed by atoms with van der Waals surface area (Å²) in [6.45, 7) is 8.34. The van der Waals surface area contributed by atoms with E-state index in [0.29, 0.717) is 0 Å². The van der Waals surface area contributed by atoms with Gasteiger partial charge in [-0.15, -0.1) is 0 Å². The van der Waals surface area contributed by atoms with Gasteiger partial charge in [-0.2, -0.15) is 5.10 Å². The van der Waals surface area contributed by atoms with Crippen LogP contribution in [-0.4, -0.2) is 34.3 Å². The second-order valence-electron chi connectivity index (χ2n) is 5.74. The van der Waals surface area contributed by atoms with E-state index in [1.807, 2.05) is 24.3 Å². The molecule has 3 rings (SSSR count). The van der Waals surface area contributed by atoms with E-state index in [0.717, 1.165) is 57.8 Å². The summed E-state index contributed by atoms with van der Waals surface area (Å²) < 4.78 is 3.14. The molecule has 0 N–H and O–H groups in total. The van der Waals surface area contributed by atoms with Gasteiger partial charge in [-0.3, -0.25) is 4.68 Å². The van der Waals surface area contributed by atoms with Crippen molar-refractivity contribution in [2.24, 2.45) is 0 Å². The van der Waals surface area contributed by atoms with Crippen LogP contribution in [0, 0.1) is 0 Å². The minimum atomic E-state index is 0.729. The molecule has 24 heavy (non-hydrogen) atoms. The van der Waals surface area contributed by atoms with E-state index >= 15 is 0 Å². The van der Waals surface area contributed by atoms with Crippen LogP contribution in [0.25, 0.3) is 22.2 Å². The number of hydrogen-bond donors (Lipinski definition) is 0. The Balaban J connectivity index is 2.07. The number of benzene rings is 2. The predicted molar refractivity (Wildman–Crippen MR) is 106 cm³/mol. The molecule has 0 fully saturated rings. The van der Waals surface area contributed by atoms with Crippen molar-refractivity contribution in [1.29, 1.82) is 0 Å². The predicted octanol–water partition coefficient (Wildman–Crippen LogP) is 5.46. The quantitative estimate of drug-likeness (QED) is 0.542. The topological polar surface area (TPSA) is 21.1 Å². The van der Waals surface area contributed by atoms with Gasteiger partial charge in [-0.05, 0) is 37.4 Å². The summed E-state index contributed by atoms with van der Waals surface area (Å²) in [5.41, 5.74) is 3.06. The van der Waals surface area contributed by atoms with Gasteiger partial charge < -0.3 is 4.90 Å². The van der Waals surface area contributed by atoms with E-state index in [4.69, 9.17) is 16.7 Å². The monoisotopic (exact) mass is 405 g/mol. The van der Waals surface area contributed by atoms with E-state index in [9.17, 15) is 0 Å². The summed E-state index contributed by atoms with van der Waals surface area (Å²) in [4.78, 5) is 2.40. The van der Waals surface area contributed by atoms with Gasteiger partial charge in [0.2, 0.25) is 0 Å². The van der Waals surface area contributed by atoms with Gasteiger partial charge in [0.05, 0.1) is 17.1 Å². The fraction of sp³-hybridized carbons (Fsp3) is 0.316. The van der Waals surface area contributed by atoms with Crippen molar-refractivity contribution in [1.82, 2.24) is 14.7 Å². The standard InChI is InChI=1S/C19H21BrClN3/c1-3-23(4-2)11-12-24-18-10-9-14(20)13-16(18)19(22-24)15-7-5-6-8-17(15)21/h5-10,13H,3-4,11-12H2,1-2H3. The van der Waals surface area contributed by atoms with E-state index in [1.165, 1.54) is 0 Å². The van der Waals surface area contributed by atoms with Crippen molar-refractivity contribution in [3.05, 3.63) is 52.0 Å². The lowest BCUT2D eigenvalue weighted by Gasteiger charge is -2.17. The molecule has 0 amide bonds. The Morgan fingerprint density at radius 1 is 1.12 bits per heavy atom. The molecule has 3 aromatic rings. The Morgan fingerprint density at radius 2 is 1.88 bits per heavy atom. The number of likely N-dealkylation sites (N-methyl/N-ethyl adjacent to an activating group) is 1. The van der Waals surface area contributed by atoms with Crippen molar-refractivity contribution in [2.75, 3.05) is 19.6 Å². The normalized spacial score (nSPS) is 11.5. The molecule has 126 valence electrons. The molecule has 2 aromatic carbocycles. The number of rotatable bonds is 6. The van der Waals surface area contributed by atoms with Crippen LogP contribution in [0.2, 0.25) is 5.02 Å². The highest BCUT2D eigenvalue weighted by Gasteiger charge is 2.15. The van der Waals surface area contributed by atoms with Crippen LogP contribution in [-0.2, 0) is 6.54 Å². The van der Waals surface area contributed by atoms with Crippen LogP contribution in [0.3, 0.4) is 0 Å². The summed E-state index contributed by atoms with van der Waals surface area (Å²) in [5.74, 6) is 0. The molecule has 0 aliphatic heterocycles. The maximum atomic E-state index is 6.41. The molecule has 0 aliphatic rings. The molecule has 0 radical (unpaired) electrons. The first-order valence-corrected chi connectivity index (χ1v) is 9.44. The van der Waals surface area contributed by atoms with Crippen molar-refractivity contribution in [3.63, 3.8) is 0 Å². The first-order valence-electron chi connectivity index (χ1n) is 8.27. The van der Waals surface area contributed by atoms with Gasteiger partial charge >= 0.3 is 0 Å². The van der Waals surface area contributed by atoms with Crippen LogP contribution in [0.4, 0.5) is 0 Å². The van der Waals surface area contributed by atoms with Crippen LogP contribution in [0.15, 0.2) is 46.9 Å². The van der Waals surface area contributed by atoms with Gasteiger partial charge in [-0.25, -0.2) is 0 Å². The number of halogens is 2. The lowest BCUT2D eigenvalue weighted by molar-refractivity contribution is 0.287. The number of hydrogen-bond acceptors (Lipinski definition) is 2. The Kier molecular flexibility index (Phi) is 5.59. The molecule has 0 bridgehead atoms. The minimum absolute atomic E-state index is 0.729. The van der Waals surface area contributed by atoms with Crippen molar-refractivity contribution < 1.29 is 0 Å². The Labute approximate surface area is 156 Å². The van der Waals surface area contributed by atoms with Gasteiger partial charge in [0.15, 0.2) is 0 Å². The van der Waals surface area contributed by atoms with Gasteiger partial charge in [0.25, 0.3) is 0 Å². The fourth-order valence-electron chi connectivity index (χ4n) is 2.95. The molecule has 0 saturated heterocycles. The Bertz CT molecular complexity index is 840. The smallest absolute Gasteiger partial charge is 0.102 e. The largest absolute Gasteiger partial charge is 0.302 e. The molecule has 0 unspecified atom stereocenters. The molecule has 1 aromatic heterocycles. The Morgan fingerprint density at radius 3 is 2.58 bits per heavy atom. The second-order valence-corrected chi connectivity index (χ2v) is 7.06. The Hall–Kier alpha value is -1.36. The van der Waals surface area contributed by atoms with Crippen molar-refractivity contribution in [3.8, 4) is 11.3 Å². The van der Waals surface area contributed by atoms with E-state index in [2.05, 4.69) is 57.6 Å². The number of fused-ring (bicyclic) bond motifs is 1. The first kappa shape index (κ1) is 17.5. The summed E-state index contributed by atoms with van der Waals surface area (Å²) in [5, 5.41) is 6.74. The first-order chi connectivity index (χ1) is 11.6. The molecule has 0 spiro atoms. The average molecular weight is 407 g/mol. The van der Waals surface area contributed by atoms with Crippen LogP contribution in [0.5, 0.6) is 0 Å². The summed E-state index contributed by atoms with van der Waals surface area (Å²) in [6.07, 6.45) is 0. The third kappa shape index (κ3) is 3.51. The molecular weight excluding hydrogens is 386 g/mol. The third-order valence-corrected chi connectivity index (χ3v) is 5.19. The third-order valence-electron chi connectivity index (χ3n) is 4.36. The summed E-state index contributed by atoms with van der Waals surface area (Å²) in [7, 11) is 0. The van der Waals surface area contributed by atoms with Crippen LogP contribution in [0.1, 0.15) is 13.8 Å². The van der Waals surface area contributed by atoms with E-state index in [-0.39, 0.29) is 0 Å². The van der Waals surface area contributed by atoms with Crippen LogP contribution < -0.4 is 0 Å². The highest BCUT2D eigenvalue weighted by Crippen LogP contribution is 2.34. The van der Waals surface area contributed by atoms with Gasteiger partial charge in [-0.1, -0.05) is 59.6 Å². The highest BCUT2D eigenvalue weighted by molar-refractivity contribution is 9.10. The molecule has 0 aliphatic carbocycles. The lowest BCUT2D eigenvalue weighted by Crippen LogP contribution is -2.27. The number of aromatic nitrogens is 2. The minimum Gasteiger partial charge on any atom is -0.302 e. The van der Waals surface area contributed by atoms with E-state index in [1.54, 1.807) is 0 Å². The molecule has 1 heterocycles.